The van der Waals surface area contributed by atoms with Crippen molar-refractivity contribution >= 4 is 21.6 Å². The maximum atomic E-state index is 14.7. The number of hydrogen-bond acceptors (Lipinski definition) is 6. The maximum absolute atomic E-state index is 14.7. The van der Waals surface area contributed by atoms with E-state index in [-0.39, 0.29) is 28.1 Å². The zero-order valence-electron chi connectivity index (χ0n) is 18.1. The Labute approximate surface area is 193 Å². The molecule has 0 amide bonds. The molecule has 2 atom stereocenters. The molecule has 176 valence electrons. The van der Waals surface area contributed by atoms with E-state index in [2.05, 4.69) is 4.72 Å². The van der Waals surface area contributed by atoms with Crippen LogP contribution in [0.15, 0.2) is 47.4 Å². The molecule has 1 N–H and O–H groups in total. The second-order valence-corrected chi connectivity index (χ2v) is 9.67. The number of morpholine rings is 1. The van der Waals surface area contributed by atoms with Gasteiger partial charge in [-0.2, -0.15) is 0 Å². The SMILES string of the molecule is COCCOc1ccc(S(=O)(=O)NC[C@@H](c2c(F)cccc2Cl)N2CCO[C@H](C)C2)cc1. The van der Waals surface area contributed by atoms with Gasteiger partial charge in [-0.15, -0.1) is 0 Å². The third-order valence-electron chi connectivity index (χ3n) is 5.20. The topological polar surface area (TPSA) is 77.1 Å². The highest BCUT2D eigenvalue weighted by molar-refractivity contribution is 7.89. The third-order valence-corrected chi connectivity index (χ3v) is 6.97. The minimum absolute atomic E-state index is 0.0399. The van der Waals surface area contributed by atoms with Crippen molar-refractivity contribution in [2.45, 2.75) is 24.0 Å². The number of rotatable bonds is 10. The fraction of sp³-hybridized carbons (Fsp3) is 0.455. The Bertz CT molecular complexity index is 970. The highest BCUT2D eigenvalue weighted by atomic mass is 35.5. The summed E-state index contributed by atoms with van der Waals surface area (Å²) in [6.07, 6.45) is -0.0564. The van der Waals surface area contributed by atoms with E-state index >= 15 is 0 Å². The molecule has 3 rings (SSSR count). The van der Waals surface area contributed by atoms with E-state index in [4.69, 9.17) is 25.8 Å². The molecular formula is C22H28ClFN2O5S. The maximum Gasteiger partial charge on any atom is 0.240 e. The summed E-state index contributed by atoms with van der Waals surface area (Å²) in [5.74, 6) is 0.0673. The normalized spacial score (nSPS) is 18.4. The largest absolute Gasteiger partial charge is 0.491 e. The van der Waals surface area contributed by atoms with Gasteiger partial charge in [-0.3, -0.25) is 4.90 Å². The monoisotopic (exact) mass is 486 g/mol. The molecule has 0 aromatic heterocycles. The number of nitrogens with zero attached hydrogens (tertiary/aromatic N) is 1. The Morgan fingerprint density at radius 1 is 1.25 bits per heavy atom. The molecule has 1 aliphatic heterocycles. The summed E-state index contributed by atoms with van der Waals surface area (Å²) >= 11 is 6.32. The molecule has 0 spiro atoms. The minimum atomic E-state index is -3.84. The summed E-state index contributed by atoms with van der Waals surface area (Å²) in [5, 5.41) is 0.255. The van der Waals surface area contributed by atoms with Crippen LogP contribution in [0.3, 0.4) is 0 Å². The van der Waals surface area contributed by atoms with Crippen molar-refractivity contribution in [3.8, 4) is 5.75 Å². The summed E-state index contributed by atoms with van der Waals surface area (Å²) in [6.45, 7) is 4.22. The number of hydrogen-bond donors (Lipinski definition) is 1. The van der Waals surface area contributed by atoms with Gasteiger partial charge >= 0.3 is 0 Å². The number of sulfonamides is 1. The lowest BCUT2D eigenvalue weighted by Crippen LogP contribution is -2.46. The molecule has 32 heavy (non-hydrogen) atoms. The Hall–Kier alpha value is -1.75. The predicted octanol–water partition coefficient (Wildman–Crippen LogP) is 3.24. The van der Waals surface area contributed by atoms with Crippen LogP contribution in [-0.4, -0.2) is 66.0 Å². The summed E-state index contributed by atoms with van der Waals surface area (Å²) in [4.78, 5) is 2.08. The standard InChI is InChI=1S/C22H28ClFN2O5S/c1-16-15-26(10-11-30-16)21(22-19(23)4-3-5-20(22)24)14-25-32(27,28)18-8-6-17(7-9-18)31-13-12-29-2/h3-9,16,21,25H,10-15H2,1-2H3/t16-,21+/m1/s1. The van der Waals surface area contributed by atoms with Gasteiger partial charge in [0.1, 0.15) is 18.2 Å². The molecule has 2 aromatic rings. The van der Waals surface area contributed by atoms with E-state index in [0.717, 1.165) is 0 Å². The molecular weight excluding hydrogens is 459 g/mol. The van der Waals surface area contributed by atoms with Crippen LogP contribution >= 0.6 is 11.6 Å². The third kappa shape index (κ3) is 6.40. The van der Waals surface area contributed by atoms with Gasteiger partial charge in [-0.1, -0.05) is 17.7 Å². The van der Waals surface area contributed by atoms with Crippen LogP contribution < -0.4 is 9.46 Å². The van der Waals surface area contributed by atoms with Crippen molar-refractivity contribution < 1.29 is 27.0 Å². The highest BCUT2D eigenvalue weighted by Crippen LogP contribution is 2.31. The van der Waals surface area contributed by atoms with E-state index < -0.39 is 21.9 Å². The van der Waals surface area contributed by atoms with Crippen LogP contribution in [0, 0.1) is 5.82 Å². The second-order valence-electron chi connectivity index (χ2n) is 7.49. The number of benzene rings is 2. The van der Waals surface area contributed by atoms with Gasteiger partial charge in [0.2, 0.25) is 10.0 Å². The molecule has 10 heteroatoms. The molecule has 1 fully saturated rings. The van der Waals surface area contributed by atoms with Gasteiger partial charge in [0.05, 0.1) is 30.3 Å². The second kappa shape index (κ2) is 11.4. The Morgan fingerprint density at radius 2 is 2.00 bits per heavy atom. The van der Waals surface area contributed by atoms with Crippen molar-refractivity contribution in [2.75, 3.05) is 46.6 Å². The van der Waals surface area contributed by atoms with Gasteiger partial charge in [-0.25, -0.2) is 17.5 Å². The van der Waals surface area contributed by atoms with Crippen molar-refractivity contribution in [2.24, 2.45) is 0 Å². The quantitative estimate of drug-likeness (QED) is 0.519. The minimum Gasteiger partial charge on any atom is -0.491 e. The lowest BCUT2D eigenvalue weighted by molar-refractivity contribution is -0.0342. The lowest BCUT2D eigenvalue weighted by atomic mass is 10.0. The van der Waals surface area contributed by atoms with Gasteiger partial charge in [0, 0.05) is 37.3 Å². The van der Waals surface area contributed by atoms with Crippen molar-refractivity contribution in [1.82, 2.24) is 9.62 Å². The van der Waals surface area contributed by atoms with E-state index in [1.54, 1.807) is 25.3 Å². The summed E-state index contributed by atoms with van der Waals surface area (Å²) in [5.41, 5.74) is 0.271. The molecule has 0 unspecified atom stereocenters. The lowest BCUT2D eigenvalue weighted by Gasteiger charge is -2.38. The molecule has 0 saturated carbocycles. The molecule has 0 radical (unpaired) electrons. The highest BCUT2D eigenvalue weighted by Gasteiger charge is 2.30. The van der Waals surface area contributed by atoms with Crippen LogP contribution in [0.25, 0.3) is 0 Å². The van der Waals surface area contributed by atoms with Crippen LogP contribution in [-0.2, 0) is 19.5 Å². The van der Waals surface area contributed by atoms with E-state index in [9.17, 15) is 12.8 Å². The average molecular weight is 487 g/mol. The van der Waals surface area contributed by atoms with Gasteiger partial charge in [0.15, 0.2) is 0 Å². The fourth-order valence-electron chi connectivity index (χ4n) is 3.60. The molecule has 0 bridgehead atoms. The number of methoxy groups -OCH3 is 1. The number of ether oxygens (including phenoxy) is 3. The first-order valence-electron chi connectivity index (χ1n) is 10.3. The van der Waals surface area contributed by atoms with Crippen molar-refractivity contribution in [3.05, 3.63) is 58.9 Å². The molecule has 2 aromatic carbocycles. The average Bonchev–Trinajstić information content (AvgIpc) is 2.76. The van der Waals surface area contributed by atoms with Crippen LogP contribution in [0.2, 0.25) is 5.02 Å². The fourth-order valence-corrected chi connectivity index (χ4v) is 4.93. The van der Waals surface area contributed by atoms with Crippen LogP contribution in [0.4, 0.5) is 4.39 Å². The smallest absolute Gasteiger partial charge is 0.240 e. The van der Waals surface area contributed by atoms with E-state index in [0.29, 0.717) is 38.7 Å². The summed E-state index contributed by atoms with van der Waals surface area (Å²) in [6, 6.07) is 9.97. The molecule has 0 aliphatic carbocycles. The summed E-state index contributed by atoms with van der Waals surface area (Å²) < 4.78 is 59.2. The summed E-state index contributed by atoms with van der Waals surface area (Å²) in [7, 11) is -2.26. The molecule has 7 nitrogen and oxygen atoms in total. The van der Waals surface area contributed by atoms with Gasteiger partial charge < -0.3 is 14.2 Å². The van der Waals surface area contributed by atoms with Gasteiger partial charge in [-0.05, 0) is 43.3 Å². The van der Waals surface area contributed by atoms with E-state index in [1.807, 2.05) is 11.8 Å². The van der Waals surface area contributed by atoms with Crippen molar-refractivity contribution in [3.63, 3.8) is 0 Å². The Morgan fingerprint density at radius 3 is 2.66 bits per heavy atom. The Kier molecular flexibility index (Phi) is 8.87. The predicted molar refractivity (Wildman–Crippen MR) is 120 cm³/mol. The van der Waals surface area contributed by atoms with Crippen LogP contribution in [0.5, 0.6) is 5.75 Å². The first-order chi connectivity index (χ1) is 15.3. The first kappa shape index (κ1) is 24.9. The first-order valence-corrected chi connectivity index (χ1v) is 12.2. The van der Waals surface area contributed by atoms with Crippen LogP contribution in [0.1, 0.15) is 18.5 Å². The van der Waals surface area contributed by atoms with Crippen molar-refractivity contribution in [1.29, 1.82) is 0 Å². The molecule has 1 saturated heterocycles. The molecule has 1 aliphatic rings. The number of nitrogens with one attached hydrogen (secondary N) is 1. The van der Waals surface area contributed by atoms with Gasteiger partial charge in [0.25, 0.3) is 0 Å². The molecule has 1 heterocycles. The zero-order valence-corrected chi connectivity index (χ0v) is 19.7. The van der Waals surface area contributed by atoms with E-state index in [1.165, 1.54) is 24.3 Å². The Balaban J connectivity index is 1.77. The zero-order chi connectivity index (χ0) is 23.1. The number of halogens is 2.